The van der Waals surface area contributed by atoms with Crippen LogP contribution in [0.15, 0.2) is 18.3 Å². The summed E-state index contributed by atoms with van der Waals surface area (Å²) in [7, 11) is 0. The smallest absolute Gasteiger partial charge is 0.335 e. The molecular formula is C11H15N3O3. The normalized spacial score (nSPS) is 9.71. The number of carbonyl (C=O) groups excluding carboxylic acids is 1. The molecule has 6 nitrogen and oxygen atoms in total. The van der Waals surface area contributed by atoms with Gasteiger partial charge in [-0.25, -0.2) is 9.78 Å². The molecule has 92 valence electrons. The quantitative estimate of drug-likeness (QED) is 0.678. The van der Waals surface area contributed by atoms with E-state index >= 15 is 0 Å². The van der Waals surface area contributed by atoms with E-state index in [0.717, 1.165) is 6.42 Å². The van der Waals surface area contributed by atoms with E-state index < -0.39 is 5.97 Å². The predicted molar refractivity (Wildman–Crippen MR) is 63.0 cm³/mol. The molecular weight excluding hydrogens is 222 g/mol. The summed E-state index contributed by atoms with van der Waals surface area (Å²) < 4.78 is 0. The number of rotatable bonds is 6. The molecule has 6 heteroatoms. The highest BCUT2D eigenvalue weighted by atomic mass is 16.4. The van der Waals surface area contributed by atoms with E-state index in [1.165, 1.54) is 18.3 Å². The molecule has 0 saturated carbocycles. The van der Waals surface area contributed by atoms with E-state index in [2.05, 4.69) is 15.6 Å². The van der Waals surface area contributed by atoms with Crippen molar-refractivity contribution in [1.82, 2.24) is 10.3 Å². The summed E-state index contributed by atoms with van der Waals surface area (Å²) in [6.07, 6.45) is 2.26. The lowest BCUT2D eigenvalue weighted by molar-refractivity contribution is -0.119. The van der Waals surface area contributed by atoms with E-state index in [1.807, 2.05) is 6.92 Å². The zero-order valence-electron chi connectivity index (χ0n) is 9.56. The molecule has 1 heterocycles. The third kappa shape index (κ3) is 4.50. The Bertz CT molecular complexity index is 407. The molecule has 1 aromatic rings. The second kappa shape index (κ2) is 6.47. The summed E-state index contributed by atoms with van der Waals surface area (Å²) in [6, 6.07) is 2.78. The first-order chi connectivity index (χ1) is 8.13. The van der Waals surface area contributed by atoms with Crippen LogP contribution in [0.5, 0.6) is 0 Å². The van der Waals surface area contributed by atoms with Crippen LogP contribution in [0.2, 0.25) is 0 Å². The fourth-order valence-corrected chi connectivity index (χ4v) is 1.16. The van der Waals surface area contributed by atoms with Crippen LogP contribution in [0.4, 0.5) is 5.82 Å². The van der Waals surface area contributed by atoms with Crippen molar-refractivity contribution in [2.45, 2.75) is 13.3 Å². The van der Waals surface area contributed by atoms with Crippen molar-refractivity contribution in [3.8, 4) is 0 Å². The van der Waals surface area contributed by atoms with Gasteiger partial charge in [0.1, 0.15) is 5.82 Å². The van der Waals surface area contributed by atoms with Gasteiger partial charge in [-0.1, -0.05) is 6.92 Å². The van der Waals surface area contributed by atoms with Crippen molar-refractivity contribution in [2.24, 2.45) is 0 Å². The minimum atomic E-state index is -1.02. The molecule has 0 atom stereocenters. The molecule has 0 bridgehead atoms. The Hall–Kier alpha value is -2.11. The molecule has 17 heavy (non-hydrogen) atoms. The van der Waals surface area contributed by atoms with Gasteiger partial charge in [0.15, 0.2) is 0 Å². The molecule has 3 N–H and O–H groups in total. The molecule has 0 radical (unpaired) electrons. The summed E-state index contributed by atoms with van der Waals surface area (Å²) in [5, 5.41) is 14.2. The number of pyridine rings is 1. The van der Waals surface area contributed by atoms with Gasteiger partial charge in [-0.2, -0.15) is 0 Å². The number of carboxylic acid groups (broad SMARTS) is 1. The number of hydrogen-bond acceptors (Lipinski definition) is 4. The molecule has 0 fully saturated rings. The van der Waals surface area contributed by atoms with Gasteiger partial charge >= 0.3 is 5.97 Å². The number of nitrogens with one attached hydrogen (secondary N) is 2. The van der Waals surface area contributed by atoms with Crippen LogP contribution in [-0.4, -0.2) is 35.1 Å². The number of carboxylic acids is 1. The lowest BCUT2D eigenvalue weighted by Crippen LogP contribution is -2.30. The van der Waals surface area contributed by atoms with Gasteiger partial charge < -0.3 is 15.7 Å². The van der Waals surface area contributed by atoms with Crippen LogP contribution in [0.3, 0.4) is 0 Å². The third-order valence-corrected chi connectivity index (χ3v) is 2.01. The lowest BCUT2D eigenvalue weighted by atomic mass is 10.2. The largest absolute Gasteiger partial charge is 0.478 e. The van der Waals surface area contributed by atoms with Crippen molar-refractivity contribution in [1.29, 1.82) is 0 Å². The number of anilines is 1. The van der Waals surface area contributed by atoms with Gasteiger partial charge in [-0.3, -0.25) is 4.79 Å². The second-order valence-electron chi connectivity index (χ2n) is 3.44. The number of hydrogen-bond donors (Lipinski definition) is 3. The van der Waals surface area contributed by atoms with Crippen molar-refractivity contribution >= 4 is 17.7 Å². The molecule has 0 aliphatic heterocycles. The number of amides is 1. The first-order valence-electron chi connectivity index (χ1n) is 5.33. The number of carbonyl (C=O) groups is 2. The van der Waals surface area contributed by atoms with Crippen LogP contribution in [0, 0.1) is 0 Å². The highest BCUT2D eigenvalue weighted by Crippen LogP contribution is 2.05. The Morgan fingerprint density at radius 3 is 2.88 bits per heavy atom. The molecule has 0 saturated heterocycles. The maximum Gasteiger partial charge on any atom is 0.335 e. The van der Waals surface area contributed by atoms with E-state index in [1.54, 1.807) is 0 Å². The zero-order chi connectivity index (χ0) is 12.7. The molecule has 0 aromatic carbocycles. The van der Waals surface area contributed by atoms with Gasteiger partial charge in [-0.15, -0.1) is 0 Å². The third-order valence-electron chi connectivity index (χ3n) is 2.01. The monoisotopic (exact) mass is 237 g/mol. The van der Waals surface area contributed by atoms with Crippen molar-refractivity contribution < 1.29 is 14.7 Å². The first-order valence-corrected chi connectivity index (χ1v) is 5.33. The average molecular weight is 237 g/mol. The molecule has 0 spiro atoms. The van der Waals surface area contributed by atoms with Crippen LogP contribution >= 0.6 is 0 Å². The summed E-state index contributed by atoms with van der Waals surface area (Å²) >= 11 is 0. The Kier molecular flexibility index (Phi) is 4.93. The van der Waals surface area contributed by atoms with Crippen LogP contribution in [0.25, 0.3) is 0 Å². The number of aromatic nitrogens is 1. The standard InChI is InChI=1S/C11H15N3O3/c1-2-4-13-10(15)7-14-9-6-8(11(16)17)3-5-12-9/h3,5-6H,2,4,7H2,1H3,(H,12,14)(H,13,15)(H,16,17). The van der Waals surface area contributed by atoms with E-state index in [9.17, 15) is 9.59 Å². The summed E-state index contributed by atoms with van der Waals surface area (Å²) in [6.45, 7) is 2.67. The van der Waals surface area contributed by atoms with Crippen molar-refractivity contribution in [3.63, 3.8) is 0 Å². The van der Waals surface area contributed by atoms with Gasteiger partial charge in [0.05, 0.1) is 12.1 Å². The highest BCUT2D eigenvalue weighted by molar-refractivity contribution is 5.88. The number of nitrogens with zero attached hydrogens (tertiary/aromatic N) is 1. The SMILES string of the molecule is CCCNC(=O)CNc1cc(C(=O)O)ccn1. The molecule has 1 amide bonds. The van der Waals surface area contributed by atoms with Crippen LogP contribution < -0.4 is 10.6 Å². The Morgan fingerprint density at radius 1 is 1.47 bits per heavy atom. The summed E-state index contributed by atoms with van der Waals surface area (Å²) in [4.78, 5) is 25.9. The van der Waals surface area contributed by atoms with Crippen molar-refractivity contribution in [2.75, 3.05) is 18.4 Å². The average Bonchev–Trinajstić information content (AvgIpc) is 2.34. The zero-order valence-corrected chi connectivity index (χ0v) is 9.56. The maximum atomic E-state index is 11.3. The molecule has 0 aliphatic carbocycles. The van der Waals surface area contributed by atoms with Crippen LogP contribution in [0.1, 0.15) is 23.7 Å². The number of aromatic carboxylic acids is 1. The van der Waals surface area contributed by atoms with Gasteiger partial charge in [0, 0.05) is 12.7 Å². The first kappa shape index (κ1) is 13.0. The van der Waals surface area contributed by atoms with E-state index in [0.29, 0.717) is 12.4 Å². The van der Waals surface area contributed by atoms with Gasteiger partial charge in [0.25, 0.3) is 0 Å². The van der Waals surface area contributed by atoms with Crippen molar-refractivity contribution in [3.05, 3.63) is 23.9 Å². The van der Waals surface area contributed by atoms with E-state index in [4.69, 9.17) is 5.11 Å². The lowest BCUT2D eigenvalue weighted by Gasteiger charge is -2.06. The molecule has 1 rings (SSSR count). The molecule has 0 unspecified atom stereocenters. The van der Waals surface area contributed by atoms with Gasteiger partial charge in [-0.05, 0) is 18.6 Å². The van der Waals surface area contributed by atoms with Gasteiger partial charge in [0.2, 0.25) is 5.91 Å². The summed E-state index contributed by atoms with van der Waals surface area (Å²) in [5.74, 6) is -0.795. The highest BCUT2D eigenvalue weighted by Gasteiger charge is 2.05. The topological polar surface area (TPSA) is 91.3 Å². The minimum absolute atomic E-state index is 0.0794. The maximum absolute atomic E-state index is 11.3. The fourth-order valence-electron chi connectivity index (χ4n) is 1.16. The molecule has 0 aliphatic rings. The Labute approximate surface area is 99.1 Å². The summed E-state index contributed by atoms with van der Waals surface area (Å²) in [5.41, 5.74) is 0.136. The second-order valence-corrected chi connectivity index (χ2v) is 3.44. The fraction of sp³-hybridized carbons (Fsp3) is 0.364. The predicted octanol–water partition coefficient (Wildman–Crippen LogP) is 0.718. The Morgan fingerprint density at radius 2 is 2.24 bits per heavy atom. The van der Waals surface area contributed by atoms with E-state index in [-0.39, 0.29) is 18.0 Å². The van der Waals surface area contributed by atoms with Crippen LogP contribution in [-0.2, 0) is 4.79 Å². The Balaban J connectivity index is 2.49. The molecule has 1 aromatic heterocycles. The minimum Gasteiger partial charge on any atom is -0.478 e.